The monoisotopic (exact) mass is 294 g/mol. The third-order valence-electron chi connectivity index (χ3n) is 4.48. The highest BCUT2D eigenvalue weighted by molar-refractivity contribution is 4.92. The smallest absolute Gasteiger partial charge is 0.165 e. The number of tetrazole rings is 1. The van der Waals surface area contributed by atoms with E-state index in [4.69, 9.17) is 0 Å². The van der Waals surface area contributed by atoms with Crippen molar-refractivity contribution in [2.45, 2.75) is 57.8 Å². The molecule has 1 aromatic rings. The summed E-state index contributed by atoms with van der Waals surface area (Å²) in [6, 6.07) is 1.05. The summed E-state index contributed by atoms with van der Waals surface area (Å²) in [4.78, 5) is 4.85. The zero-order chi connectivity index (χ0) is 14.8. The SMILES string of the molecule is CC[C@H]1CN(Cc2nnnn2C2CC2)CCN1C[C@@H](C)O. The quantitative estimate of drug-likeness (QED) is 0.813. The van der Waals surface area contributed by atoms with Gasteiger partial charge in [-0.15, -0.1) is 5.10 Å². The molecule has 1 aliphatic heterocycles. The van der Waals surface area contributed by atoms with Crippen LogP contribution in [-0.2, 0) is 6.54 Å². The summed E-state index contributed by atoms with van der Waals surface area (Å²) in [6.45, 7) is 8.74. The van der Waals surface area contributed by atoms with Gasteiger partial charge in [0.15, 0.2) is 5.82 Å². The summed E-state index contributed by atoms with van der Waals surface area (Å²) in [5.41, 5.74) is 0. The molecule has 0 bridgehead atoms. The van der Waals surface area contributed by atoms with Crippen molar-refractivity contribution in [3.05, 3.63) is 5.82 Å². The maximum absolute atomic E-state index is 9.61. The van der Waals surface area contributed by atoms with Gasteiger partial charge in [0.25, 0.3) is 0 Å². The third kappa shape index (κ3) is 3.59. The van der Waals surface area contributed by atoms with Crippen LogP contribution in [0, 0.1) is 0 Å². The topological polar surface area (TPSA) is 70.3 Å². The maximum Gasteiger partial charge on any atom is 0.165 e. The zero-order valence-corrected chi connectivity index (χ0v) is 13.0. The van der Waals surface area contributed by atoms with Crippen molar-refractivity contribution in [1.29, 1.82) is 0 Å². The van der Waals surface area contributed by atoms with E-state index in [9.17, 15) is 5.11 Å². The molecule has 1 aromatic heterocycles. The summed E-state index contributed by atoms with van der Waals surface area (Å²) < 4.78 is 2.00. The minimum Gasteiger partial charge on any atom is -0.392 e. The number of nitrogens with zero attached hydrogens (tertiary/aromatic N) is 6. The third-order valence-corrected chi connectivity index (χ3v) is 4.48. The van der Waals surface area contributed by atoms with Gasteiger partial charge in [0.05, 0.1) is 18.7 Å². The number of hydrogen-bond donors (Lipinski definition) is 1. The molecule has 1 saturated carbocycles. The predicted octanol–water partition coefficient (Wildman–Crippen LogP) is 0.285. The molecule has 2 fully saturated rings. The first kappa shape index (κ1) is 14.9. The molecule has 1 saturated heterocycles. The number of rotatable bonds is 6. The second-order valence-corrected chi connectivity index (χ2v) is 6.41. The molecule has 3 rings (SSSR count). The Morgan fingerprint density at radius 3 is 2.81 bits per heavy atom. The molecule has 118 valence electrons. The second-order valence-electron chi connectivity index (χ2n) is 6.41. The Morgan fingerprint density at radius 2 is 2.14 bits per heavy atom. The molecule has 2 aliphatic rings. The normalized spacial score (nSPS) is 26.1. The van der Waals surface area contributed by atoms with Crippen LogP contribution in [0.25, 0.3) is 0 Å². The number of aliphatic hydroxyl groups is 1. The number of hydrogen-bond acceptors (Lipinski definition) is 6. The maximum atomic E-state index is 9.61. The van der Waals surface area contributed by atoms with E-state index in [0.29, 0.717) is 12.1 Å². The Labute approximate surface area is 125 Å². The van der Waals surface area contributed by atoms with Gasteiger partial charge in [0, 0.05) is 32.2 Å². The van der Waals surface area contributed by atoms with E-state index in [0.717, 1.165) is 45.0 Å². The van der Waals surface area contributed by atoms with Crippen molar-refractivity contribution in [2.24, 2.45) is 0 Å². The molecule has 21 heavy (non-hydrogen) atoms. The molecule has 0 unspecified atom stereocenters. The molecular formula is C14H26N6O. The van der Waals surface area contributed by atoms with Crippen LogP contribution in [0.15, 0.2) is 0 Å². The van der Waals surface area contributed by atoms with Crippen LogP contribution < -0.4 is 0 Å². The molecule has 7 heteroatoms. The highest BCUT2D eigenvalue weighted by Crippen LogP contribution is 2.34. The van der Waals surface area contributed by atoms with Crippen LogP contribution >= 0.6 is 0 Å². The van der Waals surface area contributed by atoms with Gasteiger partial charge < -0.3 is 5.11 Å². The summed E-state index contributed by atoms with van der Waals surface area (Å²) in [6.07, 6.45) is 3.26. The van der Waals surface area contributed by atoms with Gasteiger partial charge in [-0.2, -0.15) is 0 Å². The van der Waals surface area contributed by atoms with Crippen molar-refractivity contribution in [3.8, 4) is 0 Å². The molecule has 7 nitrogen and oxygen atoms in total. The van der Waals surface area contributed by atoms with Crippen molar-refractivity contribution in [2.75, 3.05) is 26.2 Å². The molecule has 1 N–H and O–H groups in total. The van der Waals surface area contributed by atoms with Gasteiger partial charge in [-0.25, -0.2) is 4.68 Å². The lowest BCUT2D eigenvalue weighted by Crippen LogP contribution is -2.54. The standard InChI is InChI=1S/C14H26N6O/c1-3-12-9-18(6-7-19(12)8-11(2)21)10-14-15-16-17-20(14)13-4-5-13/h11-13,21H,3-10H2,1-2H3/t11-,12+/m1/s1. The Morgan fingerprint density at radius 1 is 1.33 bits per heavy atom. The Hall–Kier alpha value is -1.05. The first-order valence-corrected chi connectivity index (χ1v) is 8.08. The number of aromatic nitrogens is 4. The molecule has 0 spiro atoms. The van der Waals surface area contributed by atoms with E-state index in [2.05, 4.69) is 32.2 Å². The molecule has 1 aliphatic carbocycles. The fraction of sp³-hybridized carbons (Fsp3) is 0.929. The lowest BCUT2D eigenvalue weighted by atomic mass is 10.1. The van der Waals surface area contributed by atoms with E-state index in [1.807, 2.05) is 11.6 Å². The predicted molar refractivity (Wildman–Crippen MR) is 78.7 cm³/mol. The molecule has 0 amide bonds. The highest BCUT2D eigenvalue weighted by Gasteiger charge is 2.30. The van der Waals surface area contributed by atoms with Crippen LogP contribution in [0.4, 0.5) is 0 Å². The van der Waals surface area contributed by atoms with Gasteiger partial charge in [-0.05, 0) is 36.6 Å². The van der Waals surface area contributed by atoms with E-state index in [1.54, 1.807) is 0 Å². The van der Waals surface area contributed by atoms with Crippen LogP contribution in [0.2, 0.25) is 0 Å². The largest absolute Gasteiger partial charge is 0.392 e. The lowest BCUT2D eigenvalue weighted by Gasteiger charge is -2.41. The van der Waals surface area contributed by atoms with Gasteiger partial charge in [0.2, 0.25) is 0 Å². The first-order chi connectivity index (χ1) is 10.2. The van der Waals surface area contributed by atoms with Gasteiger partial charge in [0.1, 0.15) is 0 Å². The Balaban J connectivity index is 1.58. The van der Waals surface area contributed by atoms with Crippen molar-refractivity contribution >= 4 is 0 Å². The second kappa shape index (κ2) is 6.37. The van der Waals surface area contributed by atoms with Crippen LogP contribution in [0.5, 0.6) is 0 Å². The zero-order valence-electron chi connectivity index (χ0n) is 13.0. The van der Waals surface area contributed by atoms with E-state index in [1.165, 1.54) is 12.8 Å². The summed E-state index contributed by atoms with van der Waals surface area (Å²) >= 11 is 0. The van der Waals surface area contributed by atoms with Crippen LogP contribution in [-0.4, -0.2) is 73.4 Å². The molecule has 2 heterocycles. The molecule has 2 atom stereocenters. The molecule has 0 aromatic carbocycles. The lowest BCUT2D eigenvalue weighted by molar-refractivity contribution is 0.0324. The minimum atomic E-state index is -0.257. The number of aliphatic hydroxyl groups excluding tert-OH is 1. The Bertz CT molecular complexity index is 458. The van der Waals surface area contributed by atoms with E-state index < -0.39 is 0 Å². The van der Waals surface area contributed by atoms with Crippen molar-refractivity contribution in [3.63, 3.8) is 0 Å². The first-order valence-electron chi connectivity index (χ1n) is 8.08. The fourth-order valence-corrected chi connectivity index (χ4v) is 3.19. The van der Waals surface area contributed by atoms with Gasteiger partial charge in [-0.1, -0.05) is 6.92 Å². The average molecular weight is 294 g/mol. The van der Waals surface area contributed by atoms with Crippen LogP contribution in [0.1, 0.15) is 45.0 Å². The van der Waals surface area contributed by atoms with E-state index in [-0.39, 0.29) is 6.10 Å². The number of piperazine rings is 1. The Kier molecular flexibility index (Phi) is 4.51. The summed E-state index contributed by atoms with van der Waals surface area (Å²) in [5, 5.41) is 21.8. The summed E-state index contributed by atoms with van der Waals surface area (Å²) in [7, 11) is 0. The molecule has 0 radical (unpaired) electrons. The van der Waals surface area contributed by atoms with Crippen molar-refractivity contribution < 1.29 is 5.11 Å². The highest BCUT2D eigenvalue weighted by atomic mass is 16.3. The molecular weight excluding hydrogens is 268 g/mol. The average Bonchev–Trinajstić information content (AvgIpc) is 3.20. The minimum absolute atomic E-state index is 0.257. The van der Waals surface area contributed by atoms with Crippen molar-refractivity contribution in [1.82, 2.24) is 30.0 Å². The van der Waals surface area contributed by atoms with Crippen LogP contribution in [0.3, 0.4) is 0 Å². The van der Waals surface area contributed by atoms with E-state index >= 15 is 0 Å². The van der Waals surface area contributed by atoms with Gasteiger partial charge >= 0.3 is 0 Å². The summed E-state index contributed by atoms with van der Waals surface area (Å²) in [5.74, 6) is 0.997. The van der Waals surface area contributed by atoms with Gasteiger partial charge in [-0.3, -0.25) is 9.80 Å². The number of β-amino-alcohol motifs (C(OH)–C–C–N with tert-alkyl or cyclic N) is 1. The fourth-order valence-electron chi connectivity index (χ4n) is 3.19.